The van der Waals surface area contributed by atoms with Crippen LogP contribution in [-0.4, -0.2) is 27.6 Å². The van der Waals surface area contributed by atoms with Gasteiger partial charge in [0.15, 0.2) is 0 Å². The summed E-state index contributed by atoms with van der Waals surface area (Å²) < 4.78 is 37.5. The third-order valence-corrected chi connectivity index (χ3v) is 5.40. The standard InChI is InChI=1S/C20H21N3O4S/c1-26-17-6-3-15(4-7-17)13-21-16-5-12-20(22-14-16)23-28(24,25)19-10-8-18(27-2)9-11-19/h3-12,14,21H,13H2,1-2H3,(H,22,23). The van der Waals surface area contributed by atoms with E-state index in [1.807, 2.05) is 24.3 Å². The highest BCUT2D eigenvalue weighted by Crippen LogP contribution is 2.19. The molecule has 1 aromatic heterocycles. The van der Waals surface area contributed by atoms with Crippen LogP contribution in [0.2, 0.25) is 0 Å². The highest BCUT2D eigenvalue weighted by atomic mass is 32.2. The highest BCUT2D eigenvalue weighted by Gasteiger charge is 2.14. The normalized spacial score (nSPS) is 10.9. The summed E-state index contributed by atoms with van der Waals surface area (Å²) in [6, 6.07) is 17.2. The molecule has 0 unspecified atom stereocenters. The SMILES string of the molecule is COc1ccc(CNc2ccc(NS(=O)(=O)c3ccc(OC)cc3)nc2)cc1. The summed E-state index contributed by atoms with van der Waals surface area (Å²) in [7, 11) is -0.561. The van der Waals surface area contributed by atoms with E-state index in [1.165, 1.54) is 19.2 Å². The lowest BCUT2D eigenvalue weighted by atomic mass is 10.2. The van der Waals surface area contributed by atoms with Gasteiger partial charge in [-0.25, -0.2) is 13.4 Å². The van der Waals surface area contributed by atoms with Crippen molar-refractivity contribution in [1.29, 1.82) is 0 Å². The average Bonchev–Trinajstić information content (AvgIpc) is 2.73. The molecule has 0 saturated heterocycles. The Kier molecular flexibility index (Phi) is 6.00. The smallest absolute Gasteiger partial charge is 0.263 e. The number of hydrogen-bond acceptors (Lipinski definition) is 6. The van der Waals surface area contributed by atoms with Gasteiger partial charge in [-0.1, -0.05) is 12.1 Å². The maximum absolute atomic E-state index is 12.4. The van der Waals surface area contributed by atoms with Crippen LogP contribution < -0.4 is 19.5 Å². The van der Waals surface area contributed by atoms with Crippen molar-refractivity contribution in [3.05, 3.63) is 72.4 Å². The van der Waals surface area contributed by atoms with Crippen molar-refractivity contribution in [2.45, 2.75) is 11.4 Å². The number of hydrogen-bond donors (Lipinski definition) is 2. The molecule has 0 atom stereocenters. The molecule has 0 aliphatic carbocycles. The minimum atomic E-state index is -3.71. The molecule has 28 heavy (non-hydrogen) atoms. The molecule has 1 heterocycles. The van der Waals surface area contributed by atoms with Crippen molar-refractivity contribution in [2.75, 3.05) is 24.3 Å². The summed E-state index contributed by atoms with van der Waals surface area (Å²) in [5.74, 6) is 1.63. The average molecular weight is 399 g/mol. The molecule has 0 fully saturated rings. The summed E-state index contributed by atoms with van der Waals surface area (Å²) in [5.41, 5.74) is 1.87. The Morgan fingerprint density at radius 1 is 0.857 bits per heavy atom. The minimum absolute atomic E-state index is 0.136. The van der Waals surface area contributed by atoms with Gasteiger partial charge in [-0.05, 0) is 54.1 Å². The fourth-order valence-corrected chi connectivity index (χ4v) is 3.47. The van der Waals surface area contributed by atoms with Gasteiger partial charge in [0.25, 0.3) is 10.0 Å². The first-order chi connectivity index (χ1) is 13.5. The Morgan fingerprint density at radius 3 is 2.00 bits per heavy atom. The van der Waals surface area contributed by atoms with Crippen molar-refractivity contribution in [3.8, 4) is 11.5 Å². The zero-order chi connectivity index (χ0) is 20.0. The second-order valence-electron chi connectivity index (χ2n) is 5.91. The molecule has 0 aliphatic rings. The van der Waals surface area contributed by atoms with E-state index >= 15 is 0 Å². The van der Waals surface area contributed by atoms with Crippen molar-refractivity contribution < 1.29 is 17.9 Å². The first-order valence-electron chi connectivity index (χ1n) is 8.50. The number of methoxy groups -OCH3 is 2. The van der Waals surface area contributed by atoms with Crippen LogP contribution in [0.3, 0.4) is 0 Å². The third-order valence-electron chi connectivity index (χ3n) is 4.03. The van der Waals surface area contributed by atoms with Crippen LogP contribution >= 0.6 is 0 Å². The van der Waals surface area contributed by atoms with Crippen molar-refractivity contribution in [3.63, 3.8) is 0 Å². The van der Waals surface area contributed by atoms with Crippen molar-refractivity contribution >= 4 is 21.5 Å². The summed E-state index contributed by atoms with van der Waals surface area (Å²) in [4.78, 5) is 4.30. The Hall–Kier alpha value is -3.26. The molecule has 0 amide bonds. The Morgan fingerprint density at radius 2 is 1.46 bits per heavy atom. The van der Waals surface area contributed by atoms with Gasteiger partial charge < -0.3 is 14.8 Å². The van der Waals surface area contributed by atoms with Gasteiger partial charge >= 0.3 is 0 Å². The van der Waals surface area contributed by atoms with E-state index in [4.69, 9.17) is 9.47 Å². The number of sulfonamides is 1. The molecular weight excluding hydrogens is 378 g/mol. The van der Waals surface area contributed by atoms with E-state index in [0.717, 1.165) is 17.0 Å². The number of rotatable bonds is 8. The molecule has 7 nitrogen and oxygen atoms in total. The molecule has 0 bridgehead atoms. The van der Waals surface area contributed by atoms with Crippen LogP contribution in [0, 0.1) is 0 Å². The van der Waals surface area contributed by atoms with Crippen LogP contribution in [0.15, 0.2) is 71.8 Å². The molecule has 3 aromatic rings. The Balaban J connectivity index is 1.61. The lowest BCUT2D eigenvalue weighted by molar-refractivity contribution is 0.414. The van der Waals surface area contributed by atoms with Crippen LogP contribution in [0.25, 0.3) is 0 Å². The van der Waals surface area contributed by atoms with Gasteiger partial charge in [0.2, 0.25) is 0 Å². The summed E-state index contributed by atoms with van der Waals surface area (Å²) >= 11 is 0. The van der Waals surface area contributed by atoms with E-state index in [-0.39, 0.29) is 10.7 Å². The van der Waals surface area contributed by atoms with E-state index in [1.54, 1.807) is 37.6 Å². The molecule has 0 spiro atoms. The van der Waals surface area contributed by atoms with E-state index < -0.39 is 10.0 Å². The number of nitrogens with one attached hydrogen (secondary N) is 2. The van der Waals surface area contributed by atoms with Gasteiger partial charge in [0, 0.05) is 6.54 Å². The number of ether oxygens (including phenoxy) is 2. The van der Waals surface area contributed by atoms with Gasteiger partial charge in [-0.2, -0.15) is 0 Å². The van der Waals surface area contributed by atoms with Gasteiger partial charge in [0.05, 0.1) is 31.0 Å². The number of pyridine rings is 1. The minimum Gasteiger partial charge on any atom is -0.497 e. The lowest BCUT2D eigenvalue weighted by Crippen LogP contribution is -2.14. The quantitative estimate of drug-likeness (QED) is 0.602. The molecule has 2 N–H and O–H groups in total. The summed E-state index contributed by atoms with van der Waals surface area (Å²) in [6.45, 7) is 0.614. The highest BCUT2D eigenvalue weighted by molar-refractivity contribution is 7.92. The zero-order valence-corrected chi connectivity index (χ0v) is 16.4. The predicted octanol–water partition coefficient (Wildman–Crippen LogP) is 3.51. The maximum atomic E-state index is 12.4. The van der Waals surface area contributed by atoms with E-state index in [0.29, 0.717) is 12.3 Å². The second-order valence-corrected chi connectivity index (χ2v) is 7.60. The molecule has 8 heteroatoms. The monoisotopic (exact) mass is 399 g/mol. The zero-order valence-electron chi connectivity index (χ0n) is 15.5. The predicted molar refractivity (Wildman–Crippen MR) is 108 cm³/mol. The number of nitrogens with zero attached hydrogens (tertiary/aromatic N) is 1. The van der Waals surface area contributed by atoms with Crippen LogP contribution in [0.4, 0.5) is 11.5 Å². The van der Waals surface area contributed by atoms with Crippen LogP contribution in [0.1, 0.15) is 5.56 Å². The number of benzene rings is 2. The fourth-order valence-electron chi connectivity index (χ4n) is 2.46. The molecule has 0 saturated carbocycles. The topological polar surface area (TPSA) is 89.6 Å². The van der Waals surface area contributed by atoms with Crippen molar-refractivity contribution in [1.82, 2.24) is 4.98 Å². The molecular formula is C20H21N3O4S. The molecule has 2 aromatic carbocycles. The molecule has 3 rings (SSSR count). The Labute approximate surface area is 164 Å². The molecule has 0 aliphatic heterocycles. The third kappa shape index (κ3) is 4.92. The van der Waals surface area contributed by atoms with Gasteiger partial charge in [0.1, 0.15) is 17.3 Å². The van der Waals surface area contributed by atoms with Crippen LogP contribution in [-0.2, 0) is 16.6 Å². The van der Waals surface area contributed by atoms with E-state index in [2.05, 4.69) is 15.0 Å². The fraction of sp³-hybridized carbons (Fsp3) is 0.150. The maximum Gasteiger partial charge on any atom is 0.263 e. The van der Waals surface area contributed by atoms with Gasteiger partial charge in [-0.3, -0.25) is 4.72 Å². The largest absolute Gasteiger partial charge is 0.497 e. The van der Waals surface area contributed by atoms with Crippen LogP contribution in [0.5, 0.6) is 11.5 Å². The number of anilines is 2. The molecule has 146 valence electrons. The van der Waals surface area contributed by atoms with E-state index in [9.17, 15) is 8.42 Å². The van der Waals surface area contributed by atoms with Crippen molar-refractivity contribution in [2.24, 2.45) is 0 Å². The molecule has 0 radical (unpaired) electrons. The lowest BCUT2D eigenvalue weighted by Gasteiger charge is -2.10. The summed E-state index contributed by atoms with van der Waals surface area (Å²) in [6.07, 6.45) is 1.58. The first-order valence-corrected chi connectivity index (χ1v) is 9.98. The number of aromatic nitrogens is 1. The Bertz CT molecular complexity index is 1000. The summed E-state index contributed by atoms with van der Waals surface area (Å²) in [5, 5.41) is 3.24. The first kappa shape index (κ1) is 19.5. The van der Waals surface area contributed by atoms with Gasteiger partial charge in [-0.15, -0.1) is 0 Å². The second kappa shape index (κ2) is 8.62.